The van der Waals surface area contributed by atoms with E-state index in [-0.39, 0.29) is 24.5 Å². The van der Waals surface area contributed by atoms with Gasteiger partial charge in [0.25, 0.3) is 5.91 Å². The summed E-state index contributed by atoms with van der Waals surface area (Å²) in [5.74, 6) is -2.32. The first kappa shape index (κ1) is 26.1. The smallest absolute Gasteiger partial charge is 0.370 e. The predicted octanol–water partition coefficient (Wildman–Crippen LogP) is 2.79. The molecule has 2 aromatic rings. The van der Waals surface area contributed by atoms with Gasteiger partial charge in [0.2, 0.25) is 5.91 Å². The van der Waals surface area contributed by atoms with Crippen LogP contribution in [0.5, 0.6) is 0 Å². The van der Waals surface area contributed by atoms with Gasteiger partial charge in [0.05, 0.1) is 17.2 Å². The van der Waals surface area contributed by atoms with Crippen LogP contribution in [-0.2, 0) is 39.6 Å². The summed E-state index contributed by atoms with van der Waals surface area (Å²) in [5, 5.41) is 10.5. The van der Waals surface area contributed by atoms with Crippen LogP contribution in [0, 0.1) is 11.8 Å². The van der Waals surface area contributed by atoms with Gasteiger partial charge in [-0.05, 0) is 48.4 Å². The fourth-order valence-corrected chi connectivity index (χ4v) is 6.58. The average Bonchev–Trinajstić information content (AvgIpc) is 3.47. The number of aryl methyl sites for hydroxylation is 2. The third-order valence-electron chi connectivity index (χ3n) is 8.31. The molecule has 0 radical (unpaired) electrons. The van der Waals surface area contributed by atoms with Crippen molar-refractivity contribution in [2.45, 2.75) is 56.8 Å². The molecule has 13 heteroatoms. The maximum atomic E-state index is 13.5. The van der Waals surface area contributed by atoms with Crippen LogP contribution in [0.25, 0.3) is 0 Å². The zero-order valence-corrected chi connectivity index (χ0v) is 22.3. The Balaban J connectivity index is 1.27. The van der Waals surface area contributed by atoms with Gasteiger partial charge in [0, 0.05) is 38.0 Å². The topological polar surface area (TPSA) is 113 Å². The van der Waals surface area contributed by atoms with E-state index in [1.807, 2.05) is 18.2 Å². The van der Waals surface area contributed by atoms with Crippen LogP contribution in [0.2, 0.25) is 0 Å². The number of benzene rings is 1. The number of aromatic nitrogens is 2. The van der Waals surface area contributed by atoms with E-state index in [0.717, 1.165) is 42.3 Å². The van der Waals surface area contributed by atoms with Crippen molar-refractivity contribution >= 4 is 33.2 Å². The number of alkyl halides is 3. The van der Waals surface area contributed by atoms with Crippen molar-refractivity contribution in [3.8, 4) is 0 Å². The molecule has 9 nitrogen and oxygen atoms in total. The van der Waals surface area contributed by atoms with Gasteiger partial charge in [-0.25, -0.2) is 13.1 Å². The number of carbonyl (C=O) groups is 2. The van der Waals surface area contributed by atoms with Crippen molar-refractivity contribution in [2.24, 2.45) is 11.8 Å². The van der Waals surface area contributed by atoms with Crippen LogP contribution in [0.4, 0.5) is 24.7 Å². The van der Waals surface area contributed by atoms with Gasteiger partial charge in [0.15, 0.2) is 9.84 Å². The summed E-state index contributed by atoms with van der Waals surface area (Å²) in [5.41, 5.74) is 2.74. The van der Waals surface area contributed by atoms with Crippen molar-refractivity contribution in [3.63, 3.8) is 0 Å². The van der Waals surface area contributed by atoms with Gasteiger partial charge >= 0.3 is 6.18 Å². The Hall–Kier alpha value is -3.09. The fourth-order valence-electron chi connectivity index (χ4n) is 6.03. The van der Waals surface area contributed by atoms with Crippen LogP contribution >= 0.6 is 0 Å². The molecule has 2 amide bonds. The van der Waals surface area contributed by atoms with Crippen molar-refractivity contribution < 1.29 is 31.2 Å². The number of hydrogen-bond acceptors (Lipinski definition) is 6. The molecule has 3 heterocycles. The van der Waals surface area contributed by atoms with Gasteiger partial charge in [0.1, 0.15) is 17.1 Å². The number of carbonyl (C=O) groups excluding carboxylic acids is 2. The van der Waals surface area contributed by atoms with Crippen LogP contribution in [0.15, 0.2) is 18.2 Å². The monoisotopic (exact) mass is 565 g/mol. The maximum Gasteiger partial charge on any atom is 0.395 e. The van der Waals surface area contributed by atoms with E-state index in [1.54, 1.807) is 9.58 Å². The van der Waals surface area contributed by atoms with E-state index in [1.165, 1.54) is 0 Å². The van der Waals surface area contributed by atoms with E-state index in [2.05, 4.69) is 10.6 Å². The highest BCUT2D eigenvalue weighted by Crippen LogP contribution is 2.45. The molecule has 39 heavy (non-hydrogen) atoms. The van der Waals surface area contributed by atoms with Gasteiger partial charge in [-0.15, -0.1) is 0 Å². The third kappa shape index (κ3) is 5.01. The summed E-state index contributed by atoms with van der Waals surface area (Å²) >= 11 is 0. The van der Waals surface area contributed by atoms with E-state index in [9.17, 15) is 31.2 Å². The Kier molecular flexibility index (Phi) is 6.01. The molecule has 2 N–H and O–H groups in total. The number of nitrogens with one attached hydrogen (secondary N) is 2. The molecular formula is C26H30F3N5O4S. The normalized spacial score (nSPS) is 22.9. The zero-order valence-electron chi connectivity index (χ0n) is 21.5. The van der Waals surface area contributed by atoms with Crippen molar-refractivity contribution in [3.05, 3.63) is 40.6 Å². The Morgan fingerprint density at radius 3 is 2.67 bits per heavy atom. The summed E-state index contributed by atoms with van der Waals surface area (Å²) < 4.78 is 63.8. The molecule has 6 rings (SSSR count). The SMILES string of the molecule is CS(=O)(=O)CC(=O)Nc1c2c(nn1CCC1CC1)C[C@@]1(CCc3cc(N4CC(C(F)(F)F)C4)ccc31)NC2=O. The number of rotatable bonds is 7. The molecule has 1 aromatic heterocycles. The van der Waals surface area contributed by atoms with Crippen molar-refractivity contribution in [2.75, 3.05) is 35.3 Å². The molecule has 1 saturated heterocycles. The van der Waals surface area contributed by atoms with E-state index in [4.69, 9.17) is 5.10 Å². The number of fused-ring (bicyclic) bond motifs is 3. The summed E-state index contributed by atoms with van der Waals surface area (Å²) in [4.78, 5) is 27.7. The maximum absolute atomic E-state index is 13.5. The van der Waals surface area contributed by atoms with E-state index >= 15 is 0 Å². The number of anilines is 2. The second kappa shape index (κ2) is 8.97. The van der Waals surface area contributed by atoms with Crippen LogP contribution in [0.1, 0.15) is 52.9 Å². The molecule has 1 spiro atoms. The highest BCUT2D eigenvalue weighted by molar-refractivity contribution is 7.91. The van der Waals surface area contributed by atoms with E-state index < -0.39 is 45.0 Å². The Bertz CT molecular complexity index is 1460. The van der Waals surface area contributed by atoms with Gasteiger partial charge in [-0.1, -0.05) is 18.9 Å². The average molecular weight is 566 g/mol. The first-order chi connectivity index (χ1) is 18.3. The quantitative estimate of drug-likeness (QED) is 0.534. The molecule has 4 aliphatic rings. The molecule has 0 unspecified atom stereocenters. The molecule has 2 aliphatic heterocycles. The Morgan fingerprint density at radius 1 is 1.26 bits per heavy atom. The van der Waals surface area contributed by atoms with Gasteiger partial charge < -0.3 is 15.5 Å². The number of nitrogens with zero attached hydrogens (tertiary/aromatic N) is 3. The molecule has 1 aromatic carbocycles. The number of amides is 2. The standard InChI is InChI=1S/C26H30F3N5O4S/c1-39(37,38)14-21(35)30-23-22-20(32-34(23)9-7-15-2-3-15)11-25(31-24(22)36)8-6-16-10-18(4-5-19(16)25)33-12-17(13-33)26(27,28)29/h4-5,10,15,17H,2-3,6-9,11-14H2,1H3,(H,30,35)(H,31,36)/t25-/m1/s1. The molecule has 2 aliphatic carbocycles. The first-order valence-electron chi connectivity index (χ1n) is 13.2. The minimum atomic E-state index is -4.19. The fraction of sp³-hybridized carbons (Fsp3) is 0.577. The van der Waals surface area contributed by atoms with Crippen molar-refractivity contribution in [1.82, 2.24) is 15.1 Å². The third-order valence-corrected chi connectivity index (χ3v) is 9.09. The molecule has 0 bridgehead atoms. The molecule has 1 saturated carbocycles. The summed E-state index contributed by atoms with van der Waals surface area (Å²) in [6, 6.07) is 5.62. The zero-order chi connectivity index (χ0) is 27.7. The largest absolute Gasteiger partial charge is 0.395 e. The number of halogens is 3. The summed E-state index contributed by atoms with van der Waals surface area (Å²) in [7, 11) is -3.56. The summed E-state index contributed by atoms with van der Waals surface area (Å²) in [6.45, 7) is 0.389. The lowest BCUT2D eigenvalue weighted by atomic mass is 9.82. The second-order valence-electron chi connectivity index (χ2n) is 11.4. The Morgan fingerprint density at radius 2 is 2.00 bits per heavy atom. The highest BCUT2D eigenvalue weighted by Gasteiger charge is 2.49. The molecule has 2 fully saturated rings. The lowest BCUT2D eigenvalue weighted by molar-refractivity contribution is -0.180. The lowest BCUT2D eigenvalue weighted by Gasteiger charge is -2.42. The molecule has 1 atom stereocenters. The summed E-state index contributed by atoms with van der Waals surface area (Å²) in [6.07, 6.45) is 1.57. The van der Waals surface area contributed by atoms with E-state index in [0.29, 0.717) is 37.4 Å². The lowest BCUT2D eigenvalue weighted by Crippen LogP contribution is -2.53. The minimum Gasteiger partial charge on any atom is -0.370 e. The second-order valence-corrected chi connectivity index (χ2v) is 13.6. The van der Waals surface area contributed by atoms with Gasteiger partial charge in [-0.3, -0.25) is 9.59 Å². The van der Waals surface area contributed by atoms with Gasteiger partial charge in [-0.2, -0.15) is 18.3 Å². The predicted molar refractivity (Wildman–Crippen MR) is 137 cm³/mol. The van der Waals surface area contributed by atoms with Crippen LogP contribution < -0.4 is 15.5 Å². The van der Waals surface area contributed by atoms with Crippen LogP contribution in [-0.4, -0.2) is 61.3 Å². The highest BCUT2D eigenvalue weighted by atomic mass is 32.2. The molecule has 210 valence electrons. The number of sulfone groups is 1. The minimum absolute atomic E-state index is 0.0559. The Labute approximate surface area is 224 Å². The molecular weight excluding hydrogens is 535 g/mol. The number of hydrogen-bond donors (Lipinski definition) is 2. The van der Waals surface area contributed by atoms with Crippen LogP contribution in [0.3, 0.4) is 0 Å². The van der Waals surface area contributed by atoms with Crippen molar-refractivity contribution in [1.29, 1.82) is 0 Å². The first-order valence-corrected chi connectivity index (χ1v) is 15.2.